The number of sulfone groups is 1. The van der Waals surface area contributed by atoms with Crippen molar-refractivity contribution in [1.29, 1.82) is 0 Å². The van der Waals surface area contributed by atoms with Gasteiger partial charge in [-0.25, -0.2) is 18.0 Å². The molecule has 0 radical (unpaired) electrons. The van der Waals surface area contributed by atoms with Gasteiger partial charge in [0.15, 0.2) is 9.84 Å². The number of carbonyl (C=O) groups is 2. The summed E-state index contributed by atoms with van der Waals surface area (Å²) in [6, 6.07) is 11.7. The summed E-state index contributed by atoms with van der Waals surface area (Å²) in [5.74, 6) is -1.35. The highest BCUT2D eigenvalue weighted by atomic mass is 35.5. The van der Waals surface area contributed by atoms with Crippen molar-refractivity contribution in [3.8, 4) is 0 Å². The third-order valence-corrected chi connectivity index (χ3v) is 7.19. The van der Waals surface area contributed by atoms with Crippen molar-refractivity contribution in [3.05, 3.63) is 76.0 Å². The number of nitrogens with one attached hydrogen (secondary N) is 2. The summed E-state index contributed by atoms with van der Waals surface area (Å²) in [6.07, 6.45) is 0. The van der Waals surface area contributed by atoms with Crippen LogP contribution in [0.1, 0.15) is 37.9 Å². The Morgan fingerprint density at radius 1 is 1.09 bits per heavy atom. The van der Waals surface area contributed by atoms with E-state index in [1.165, 1.54) is 19.2 Å². The van der Waals surface area contributed by atoms with Gasteiger partial charge in [-0.05, 0) is 34.7 Å². The molecule has 32 heavy (non-hydrogen) atoms. The molecule has 0 bridgehead atoms. The van der Waals surface area contributed by atoms with Gasteiger partial charge in [0.25, 0.3) is 0 Å². The van der Waals surface area contributed by atoms with Gasteiger partial charge in [0.05, 0.1) is 29.4 Å². The van der Waals surface area contributed by atoms with Crippen LogP contribution in [0.3, 0.4) is 0 Å². The first-order valence-corrected chi connectivity index (χ1v) is 11.9. The molecule has 2 N–H and O–H groups in total. The summed E-state index contributed by atoms with van der Waals surface area (Å²) in [5.41, 5.74) is 1.24. The van der Waals surface area contributed by atoms with Crippen molar-refractivity contribution in [3.63, 3.8) is 0 Å². The maximum absolute atomic E-state index is 13.2. The van der Waals surface area contributed by atoms with Gasteiger partial charge in [0.1, 0.15) is 0 Å². The number of hydrogen-bond donors (Lipinski definition) is 2. The van der Waals surface area contributed by atoms with E-state index in [0.29, 0.717) is 10.6 Å². The predicted molar refractivity (Wildman–Crippen MR) is 122 cm³/mol. The van der Waals surface area contributed by atoms with Crippen molar-refractivity contribution in [1.82, 2.24) is 10.6 Å². The van der Waals surface area contributed by atoms with Gasteiger partial charge in [0, 0.05) is 10.7 Å². The van der Waals surface area contributed by atoms with Gasteiger partial charge in [-0.3, -0.25) is 0 Å². The lowest BCUT2D eigenvalue weighted by molar-refractivity contribution is -0.136. The van der Waals surface area contributed by atoms with Crippen LogP contribution in [0.4, 0.5) is 4.79 Å². The van der Waals surface area contributed by atoms with E-state index in [1.54, 1.807) is 36.4 Å². The Bertz CT molecular complexity index is 1180. The Kier molecular flexibility index (Phi) is 6.67. The van der Waals surface area contributed by atoms with E-state index in [-0.39, 0.29) is 21.6 Å². The zero-order valence-corrected chi connectivity index (χ0v) is 19.8. The van der Waals surface area contributed by atoms with Crippen LogP contribution in [-0.4, -0.2) is 33.3 Å². The summed E-state index contributed by atoms with van der Waals surface area (Å²) in [7, 11) is -2.69. The highest BCUT2D eigenvalue weighted by Gasteiger charge is 2.36. The van der Waals surface area contributed by atoms with Gasteiger partial charge < -0.3 is 15.4 Å². The molecular formula is C23H25ClN2O5S. The zero-order valence-electron chi connectivity index (χ0n) is 18.2. The number of methoxy groups -OCH3 is 1. The molecule has 2 amide bonds. The van der Waals surface area contributed by atoms with Gasteiger partial charge >= 0.3 is 12.0 Å². The molecule has 2 aromatic rings. The number of rotatable bonds is 5. The molecule has 7 nitrogen and oxygen atoms in total. The summed E-state index contributed by atoms with van der Waals surface area (Å²) < 4.78 is 31.2. The van der Waals surface area contributed by atoms with Crippen LogP contribution in [0.15, 0.2) is 64.7 Å². The highest BCUT2D eigenvalue weighted by molar-refractivity contribution is 7.91. The maximum atomic E-state index is 13.2. The van der Waals surface area contributed by atoms with Crippen LogP contribution in [0.2, 0.25) is 5.02 Å². The lowest BCUT2D eigenvalue weighted by Crippen LogP contribution is -2.47. The summed E-state index contributed by atoms with van der Waals surface area (Å²) in [5, 5.41) is 5.42. The van der Waals surface area contributed by atoms with Crippen molar-refractivity contribution >= 4 is 33.4 Å². The van der Waals surface area contributed by atoms with Gasteiger partial charge in [0.2, 0.25) is 0 Å². The quantitative estimate of drug-likeness (QED) is 0.637. The molecule has 170 valence electrons. The zero-order chi connectivity index (χ0) is 23.7. The monoisotopic (exact) mass is 476 g/mol. The number of carbonyl (C=O) groups excluding carboxylic acids is 2. The first-order chi connectivity index (χ1) is 14.9. The minimum absolute atomic E-state index is 0.0184. The lowest BCUT2D eigenvalue weighted by Gasteiger charge is -2.29. The summed E-state index contributed by atoms with van der Waals surface area (Å²) >= 11 is 6.28. The normalized spacial score (nSPS) is 16.9. The minimum atomic E-state index is -3.88. The second-order valence-electron chi connectivity index (χ2n) is 8.47. The van der Waals surface area contributed by atoms with E-state index >= 15 is 0 Å². The number of benzene rings is 2. The molecule has 1 atom stereocenters. The second kappa shape index (κ2) is 8.96. The van der Waals surface area contributed by atoms with Crippen LogP contribution >= 0.6 is 11.6 Å². The Morgan fingerprint density at radius 2 is 1.72 bits per heavy atom. The third-order valence-electron chi connectivity index (χ3n) is 5.19. The first-order valence-electron chi connectivity index (χ1n) is 9.90. The molecule has 0 saturated heterocycles. The number of amides is 2. The Labute approximate surface area is 192 Å². The number of halogens is 1. The average molecular weight is 477 g/mol. The van der Waals surface area contributed by atoms with E-state index < -0.39 is 33.6 Å². The smallest absolute Gasteiger partial charge is 0.338 e. The van der Waals surface area contributed by atoms with Crippen LogP contribution in [0, 0.1) is 0 Å². The second-order valence-corrected chi connectivity index (χ2v) is 10.9. The molecule has 1 aliphatic heterocycles. The van der Waals surface area contributed by atoms with Crippen molar-refractivity contribution in [2.75, 3.05) is 12.9 Å². The third kappa shape index (κ3) is 4.97. The van der Waals surface area contributed by atoms with Crippen LogP contribution in [0.5, 0.6) is 0 Å². The molecule has 0 fully saturated rings. The number of hydrogen-bond acceptors (Lipinski definition) is 5. The molecule has 1 heterocycles. The van der Waals surface area contributed by atoms with Gasteiger partial charge in [-0.1, -0.05) is 62.7 Å². The molecule has 0 spiro atoms. The maximum Gasteiger partial charge on any atom is 0.338 e. The first kappa shape index (κ1) is 23.8. The molecule has 0 saturated carbocycles. The van der Waals surface area contributed by atoms with Crippen LogP contribution < -0.4 is 10.6 Å². The Morgan fingerprint density at radius 3 is 2.28 bits per heavy atom. The molecule has 0 aromatic heterocycles. The minimum Gasteiger partial charge on any atom is -0.466 e. The molecule has 1 aliphatic rings. The van der Waals surface area contributed by atoms with E-state index in [1.807, 2.05) is 20.8 Å². The van der Waals surface area contributed by atoms with Gasteiger partial charge in [-0.15, -0.1) is 0 Å². The van der Waals surface area contributed by atoms with E-state index in [0.717, 1.165) is 5.56 Å². The standard InChI is InChI=1S/C23H25ClN2O5S/c1-23(2,3)14-9-11-15(12-10-14)32(29,30)13-18-19(21(27)31-4)20(26-22(28)25-18)16-7-5-6-8-17(16)24/h5-12,20H,13H2,1-4H3,(H2,25,26,28)/t20-/m1/s1. The largest absolute Gasteiger partial charge is 0.466 e. The number of esters is 1. The molecule has 0 unspecified atom stereocenters. The SMILES string of the molecule is COC(=O)C1=C(CS(=O)(=O)c2ccc(C(C)(C)C)cc2)NC(=O)N[C@@H]1c1ccccc1Cl. The van der Waals surface area contributed by atoms with Crippen molar-refractivity contribution < 1.29 is 22.7 Å². The highest BCUT2D eigenvalue weighted by Crippen LogP contribution is 2.33. The summed E-state index contributed by atoms with van der Waals surface area (Å²) in [6.45, 7) is 6.09. The van der Waals surface area contributed by atoms with Crippen LogP contribution in [-0.2, 0) is 24.8 Å². The van der Waals surface area contributed by atoms with Gasteiger partial charge in [-0.2, -0.15) is 0 Å². The molecule has 2 aromatic carbocycles. The number of urea groups is 1. The van der Waals surface area contributed by atoms with E-state index in [2.05, 4.69) is 10.6 Å². The van der Waals surface area contributed by atoms with Crippen LogP contribution in [0.25, 0.3) is 0 Å². The fourth-order valence-corrected chi connectivity index (χ4v) is 5.03. The van der Waals surface area contributed by atoms with E-state index in [9.17, 15) is 18.0 Å². The fraction of sp³-hybridized carbons (Fsp3) is 0.304. The molecule has 9 heteroatoms. The van der Waals surface area contributed by atoms with Crippen molar-refractivity contribution in [2.24, 2.45) is 0 Å². The molecule has 3 rings (SSSR count). The topological polar surface area (TPSA) is 102 Å². The lowest BCUT2D eigenvalue weighted by atomic mass is 9.87. The Balaban J connectivity index is 2.06. The predicted octanol–water partition coefficient (Wildman–Crippen LogP) is 3.89. The number of ether oxygens (including phenoxy) is 1. The molecular weight excluding hydrogens is 452 g/mol. The molecule has 0 aliphatic carbocycles. The Hall–Kier alpha value is -2.84. The summed E-state index contributed by atoms with van der Waals surface area (Å²) in [4.78, 5) is 25.1. The van der Waals surface area contributed by atoms with Crippen molar-refractivity contribution in [2.45, 2.75) is 37.1 Å². The fourth-order valence-electron chi connectivity index (χ4n) is 3.46. The van der Waals surface area contributed by atoms with E-state index in [4.69, 9.17) is 16.3 Å². The average Bonchev–Trinajstić information content (AvgIpc) is 2.72.